The van der Waals surface area contributed by atoms with Crippen molar-refractivity contribution in [1.29, 1.82) is 0 Å². The number of benzene rings is 2. The number of aromatic nitrogens is 1. The van der Waals surface area contributed by atoms with Crippen LogP contribution in [0.1, 0.15) is 110 Å². The average molecular weight is 544 g/mol. The summed E-state index contributed by atoms with van der Waals surface area (Å²) in [7, 11) is 0. The summed E-state index contributed by atoms with van der Waals surface area (Å²) in [6.07, 6.45) is 0.823. The van der Waals surface area contributed by atoms with E-state index in [1.165, 1.54) is 24.3 Å². The van der Waals surface area contributed by atoms with Gasteiger partial charge in [0.15, 0.2) is 6.17 Å². The van der Waals surface area contributed by atoms with E-state index in [4.69, 9.17) is 4.98 Å². The number of unbranched alkanes of at least 4 members (excludes halogenated alkanes) is 1. The van der Waals surface area contributed by atoms with E-state index in [0.29, 0.717) is 35.2 Å². The van der Waals surface area contributed by atoms with Gasteiger partial charge in [0.1, 0.15) is 5.82 Å². The molecule has 2 aliphatic rings. The number of nitrogens with zero attached hydrogens (tertiary/aromatic N) is 1. The summed E-state index contributed by atoms with van der Waals surface area (Å²) in [5, 5.41) is 11.4. The standard InChI is InChI=1S/C32H34F5NO/c1-2-3-6-19-17-25-28(26(39)18-19)27(20-11-15-24(33)16-12-20)29(31(38-25)22-7-4-5-8-22)30(34)21-9-13-23(14-10-21)32(35,36)37/h9-16,19,22,26,30,39H,2-8,17-18H2,1H3. The van der Waals surface area contributed by atoms with Crippen LogP contribution < -0.4 is 0 Å². The second-order valence-corrected chi connectivity index (χ2v) is 11.1. The highest BCUT2D eigenvalue weighted by Crippen LogP contribution is 2.49. The van der Waals surface area contributed by atoms with E-state index < -0.39 is 29.8 Å². The lowest BCUT2D eigenvalue weighted by Gasteiger charge is -2.33. The van der Waals surface area contributed by atoms with Crippen LogP contribution in [0.3, 0.4) is 0 Å². The van der Waals surface area contributed by atoms with E-state index >= 15 is 4.39 Å². The quantitative estimate of drug-likeness (QED) is 0.301. The molecule has 0 aliphatic heterocycles. The number of aliphatic hydroxyl groups is 1. The van der Waals surface area contributed by atoms with Crippen LogP contribution in [0.5, 0.6) is 0 Å². The number of pyridine rings is 1. The Kier molecular flexibility index (Phi) is 8.08. The minimum absolute atomic E-state index is 0.0188. The lowest BCUT2D eigenvalue weighted by atomic mass is 9.76. The van der Waals surface area contributed by atoms with Crippen molar-refractivity contribution >= 4 is 0 Å². The van der Waals surface area contributed by atoms with Gasteiger partial charge in [-0.2, -0.15) is 13.2 Å². The summed E-state index contributed by atoms with van der Waals surface area (Å²) in [6, 6.07) is 9.94. The fourth-order valence-corrected chi connectivity index (χ4v) is 6.40. The number of hydrogen-bond acceptors (Lipinski definition) is 2. The highest BCUT2D eigenvalue weighted by molar-refractivity contribution is 5.75. The first-order valence-corrected chi connectivity index (χ1v) is 14.0. The van der Waals surface area contributed by atoms with Crippen LogP contribution in [0, 0.1) is 11.7 Å². The molecule has 1 saturated carbocycles. The summed E-state index contributed by atoms with van der Waals surface area (Å²) < 4.78 is 70.3. The van der Waals surface area contributed by atoms with Gasteiger partial charge in [-0.05, 0) is 79.0 Å². The van der Waals surface area contributed by atoms with Gasteiger partial charge >= 0.3 is 6.18 Å². The summed E-state index contributed by atoms with van der Waals surface area (Å²) in [4.78, 5) is 5.06. The third-order valence-electron chi connectivity index (χ3n) is 8.38. The SMILES string of the molecule is CCCCC1Cc2nc(C3CCCC3)c(C(F)c3ccc(C(F)(F)F)cc3)c(-c3ccc(F)cc3)c2C(O)C1. The molecule has 0 bridgehead atoms. The molecule has 0 amide bonds. The van der Waals surface area contributed by atoms with E-state index in [1.54, 1.807) is 12.1 Å². The molecule has 2 aliphatic carbocycles. The topological polar surface area (TPSA) is 33.1 Å². The maximum atomic E-state index is 16.7. The van der Waals surface area contributed by atoms with Gasteiger partial charge in [-0.15, -0.1) is 0 Å². The van der Waals surface area contributed by atoms with E-state index in [0.717, 1.165) is 62.8 Å². The molecule has 3 unspecified atom stereocenters. The normalized spacial score (nSPS) is 20.7. The van der Waals surface area contributed by atoms with Crippen molar-refractivity contribution < 1.29 is 27.1 Å². The van der Waals surface area contributed by atoms with Gasteiger partial charge in [-0.25, -0.2) is 8.78 Å². The number of hydrogen-bond donors (Lipinski definition) is 1. The molecule has 2 nitrogen and oxygen atoms in total. The third-order valence-corrected chi connectivity index (χ3v) is 8.38. The lowest BCUT2D eigenvalue weighted by Crippen LogP contribution is -2.24. The van der Waals surface area contributed by atoms with Gasteiger partial charge in [-0.1, -0.05) is 56.9 Å². The molecule has 1 heterocycles. The molecular formula is C32H34F5NO. The molecule has 1 fully saturated rings. The molecule has 208 valence electrons. The maximum Gasteiger partial charge on any atom is 0.416 e. The van der Waals surface area contributed by atoms with Gasteiger partial charge < -0.3 is 5.11 Å². The second kappa shape index (κ2) is 11.4. The van der Waals surface area contributed by atoms with E-state index in [9.17, 15) is 22.7 Å². The molecule has 39 heavy (non-hydrogen) atoms. The molecule has 2 aromatic carbocycles. The molecule has 7 heteroatoms. The number of halogens is 5. The predicted octanol–water partition coefficient (Wildman–Crippen LogP) is 9.41. The zero-order valence-corrected chi connectivity index (χ0v) is 22.1. The Hall–Kier alpha value is -2.80. The largest absolute Gasteiger partial charge is 0.416 e. The van der Waals surface area contributed by atoms with Gasteiger partial charge in [0.2, 0.25) is 0 Å². The summed E-state index contributed by atoms with van der Waals surface area (Å²) in [5.74, 6) is -0.149. The van der Waals surface area contributed by atoms with Crippen molar-refractivity contribution in [2.24, 2.45) is 5.92 Å². The Balaban J connectivity index is 1.72. The van der Waals surface area contributed by atoms with E-state index in [2.05, 4.69) is 6.92 Å². The van der Waals surface area contributed by atoms with Crippen LogP contribution in [0.4, 0.5) is 22.0 Å². The fourth-order valence-electron chi connectivity index (χ4n) is 6.40. The highest BCUT2D eigenvalue weighted by Gasteiger charge is 2.37. The van der Waals surface area contributed by atoms with Crippen molar-refractivity contribution in [1.82, 2.24) is 4.98 Å². The molecule has 5 rings (SSSR count). The molecular weight excluding hydrogens is 509 g/mol. The van der Waals surface area contributed by atoms with Crippen molar-refractivity contribution in [2.45, 2.75) is 89.1 Å². The lowest BCUT2D eigenvalue weighted by molar-refractivity contribution is -0.137. The maximum absolute atomic E-state index is 16.7. The fraction of sp³-hybridized carbons (Fsp3) is 0.469. The smallest absolute Gasteiger partial charge is 0.388 e. The number of alkyl halides is 4. The molecule has 0 radical (unpaired) electrons. The first-order chi connectivity index (χ1) is 18.7. The predicted molar refractivity (Wildman–Crippen MR) is 142 cm³/mol. The van der Waals surface area contributed by atoms with Crippen LogP contribution >= 0.6 is 0 Å². The van der Waals surface area contributed by atoms with Crippen molar-refractivity contribution in [3.05, 3.63) is 88.0 Å². The Bertz CT molecular complexity index is 1280. The number of aliphatic hydroxyl groups excluding tert-OH is 1. The Morgan fingerprint density at radius 2 is 1.67 bits per heavy atom. The Morgan fingerprint density at radius 3 is 2.28 bits per heavy atom. The molecule has 3 aromatic rings. The Morgan fingerprint density at radius 1 is 1.00 bits per heavy atom. The van der Waals surface area contributed by atoms with Crippen molar-refractivity contribution in [3.63, 3.8) is 0 Å². The molecule has 3 atom stereocenters. The van der Waals surface area contributed by atoms with E-state index in [1.807, 2.05) is 0 Å². The minimum atomic E-state index is -4.52. The summed E-state index contributed by atoms with van der Waals surface area (Å²) in [5.41, 5.74) is 2.59. The first kappa shape index (κ1) is 27.8. The third kappa shape index (κ3) is 5.74. The first-order valence-electron chi connectivity index (χ1n) is 14.0. The average Bonchev–Trinajstić information content (AvgIpc) is 3.46. The van der Waals surface area contributed by atoms with Crippen molar-refractivity contribution in [2.75, 3.05) is 0 Å². The van der Waals surface area contributed by atoms with Crippen LogP contribution in [-0.2, 0) is 12.6 Å². The number of rotatable bonds is 7. The Labute approximate surface area is 226 Å². The zero-order valence-electron chi connectivity index (χ0n) is 22.1. The molecule has 0 spiro atoms. The highest BCUT2D eigenvalue weighted by atomic mass is 19.4. The van der Waals surface area contributed by atoms with Crippen LogP contribution in [0.15, 0.2) is 48.5 Å². The van der Waals surface area contributed by atoms with Crippen LogP contribution in [0.25, 0.3) is 11.1 Å². The minimum Gasteiger partial charge on any atom is -0.388 e. The van der Waals surface area contributed by atoms with Gasteiger partial charge in [0, 0.05) is 22.7 Å². The van der Waals surface area contributed by atoms with Crippen LogP contribution in [0.2, 0.25) is 0 Å². The van der Waals surface area contributed by atoms with Gasteiger partial charge in [0.05, 0.1) is 17.4 Å². The summed E-state index contributed by atoms with van der Waals surface area (Å²) in [6.45, 7) is 2.13. The zero-order chi connectivity index (χ0) is 27.7. The van der Waals surface area contributed by atoms with Gasteiger partial charge in [0.25, 0.3) is 0 Å². The second-order valence-electron chi connectivity index (χ2n) is 11.1. The van der Waals surface area contributed by atoms with Crippen molar-refractivity contribution in [3.8, 4) is 11.1 Å². The molecule has 1 aromatic heterocycles. The van der Waals surface area contributed by atoms with E-state index in [-0.39, 0.29) is 23.0 Å². The molecule has 1 N–H and O–H groups in total. The number of fused-ring (bicyclic) bond motifs is 1. The molecule has 0 saturated heterocycles. The monoisotopic (exact) mass is 543 g/mol. The van der Waals surface area contributed by atoms with Gasteiger partial charge in [-0.3, -0.25) is 4.98 Å². The van der Waals surface area contributed by atoms with Crippen LogP contribution in [-0.4, -0.2) is 10.1 Å². The summed E-state index contributed by atoms with van der Waals surface area (Å²) >= 11 is 0.